The lowest BCUT2D eigenvalue weighted by Gasteiger charge is -2.45. The Kier molecular flexibility index (Phi) is 2.12. The van der Waals surface area contributed by atoms with Crippen molar-refractivity contribution in [1.29, 1.82) is 0 Å². The third-order valence-corrected chi connectivity index (χ3v) is 3.09. The third kappa shape index (κ3) is 1.54. The standard InChI is InChI=1S/C9H9BrF2N2/c10-7-3-14-2-1-6(7)8(13)4-9(11,12)5-8/h1-3H,4-5,13H2. The fourth-order valence-corrected chi connectivity index (χ4v) is 2.49. The molecule has 2 nitrogen and oxygen atoms in total. The van der Waals surface area contributed by atoms with Gasteiger partial charge in [0.15, 0.2) is 0 Å². The topological polar surface area (TPSA) is 38.9 Å². The van der Waals surface area contributed by atoms with Crippen molar-refractivity contribution in [2.24, 2.45) is 5.73 Å². The Labute approximate surface area is 88.6 Å². The van der Waals surface area contributed by atoms with Gasteiger partial charge in [-0.05, 0) is 27.6 Å². The first-order valence-electron chi connectivity index (χ1n) is 4.20. The predicted molar refractivity (Wildman–Crippen MR) is 52.0 cm³/mol. The van der Waals surface area contributed by atoms with Gasteiger partial charge in [-0.3, -0.25) is 4.98 Å². The van der Waals surface area contributed by atoms with Gasteiger partial charge in [0.05, 0.1) is 5.54 Å². The Hall–Kier alpha value is -0.550. The van der Waals surface area contributed by atoms with Crippen LogP contribution in [0.5, 0.6) is 0 Å². The van der Waals surface area contributed by atoms with Crippen LogP contribution < -0.4 is 5.73 Å². The van der Waals surface area contributed by atoms with Crippen LogP contribution in [0.15, 0.2) is 22.9 Å². The van der Waals surface area contributed by atoms with E-state index in [0.717, 1.165) is 0 Å². The van der Waals surface area contributed by atoms with Crippen molar-refractivity contribution in [2.75, 3.05) is 0 Å². The van der Waals surface area contributed by atoms with Crippen LogP contribution in [0.1, 0.15) is 18.4 Å². The summed E-state index contributed by atoms with van der Waals surface area (Å²) < 4.78 is 26.2. The van der Waals surface area contributed by atoms with Gasteiger partial charge in [0.2, 0.25) is 0 Å². The first-order chi connectivity index (χ1) is 6.43. The van der Waals surface area contributed by atoms with Crippen LogP contribution in [0.3, 0.4) is 0 Å². The Morgan fingerprint density at radius 2 is 2.07 bits per heavy atom. The number of nitrogens with zero attached hydrogens (tertiary/aromatic N) is 1. The number of pyridine rings is 1. The number of halogens is 3. The lowest BCUT2D eigenvalue weighted by molar-refractivity contribution is -0.125. The molecule has 2 N–H and O–H groups in total. The smallest absolute Gasteiger partial charge is 0.252 e. The second-order valence-electron chi connectivity index (χ2n) is 3.72. The molecule has 0 spiro atoms. The Morgan fingerprint density at radius 3 is 2.57 bits per heavy atom. The number of nitrogens with two attached hydrogens (primary N) is 1. The molecular formula is C9H9BrF2N2. The molecule has 5 heteroatoms. The van der Waals surface area contributed by atoms with E-state index in [2.05, 4.69) is 20.9 Å². The van der Waals surface area contributed by atoms with Crippen molar-refractivity contribution in [2.45, 2.75) is 24.3 Å². The average molecular weight is 263 g/mol. The Balaban J connectivity index is 2.30. The highest BCUT2D eigenvalue weighted by Crippen LogP contribution is 2.51. The lowest BCUT2D eigenvalue weighted by Crippen LogP contribution is -2.55. The summed E-state index contributed by atoms with van der Waals surface area (Å²) in [6.07, 6.45) is 2.55. The van der Waals surface area contributed by atoms with Crippen molar-refractivity contribution in [3.8, 4) is 0 Å². The fraction of sp³-hybridized carbons (Fsp3) is 0.444. The maximum Gasteiger partial charge on any atom is 0.252 e. The zero-order chi connectivity index (χ0) is 10.4. The van der Waals surface area contributed by atoms with Gasteiger partial charge in [-0.2, -0.15) is 0 Å². The molecule has 0 aliphatic heterocycles. The van der Waals surface area contributed by atoms with Gasteiger partial charge in [0.1, 0.15) is 0 Å². The zero-order valence-electron chi connectivity index (χ0n) is 7.30. The minimum absolute atomic E-state index is 0.289. The van der Waals surface area contributed by atoms with Gasteiger partial charge in [-0.1, -0.05) is 0 Å². The van der Waals surface area contributed by atoms with Gasteiger partial charge in [-0.25, -0.2) is 8.78 Å². The summed E-state index contributed by atoms with van der Waals surface area (Å²) in [5, 5.41) is 0. The van der Waals surface area contributed by atoms with Crippen molar-refractivity contribution >= 4 is 15.9 Å². The van der Waals surface area contributed by atoms with Crippen LogP contribution in [-0.2, 0) is 5.54 Å². The number of aromatic nitrogens is 1. The Bertz CT molecular complexity index is 360. The van der Waals surface area contributed by atoms with Crippen molar-refractivity contribution < 1.29 is 8.78 Å². The van der Waals surface area contributed by atoms with E-state index in [-0.39, 0.29) is 12.8 Å². The molecule has 1 aliphatic rings. The minimum atomic E-state index is -2.61. The highest BCUT2D eigenvalue weighted by atomic mass is 79.9. The molecule has 14 heavy (non-hydrogen) atoms. The quantitative estimate of drug-likeness (QED) is 0.845. The largest absolute Gasteiger partial charge is 0.321 e. The molecule has 0 unspecified atom stereocenters. The van der Waals surface area contributed by atoms with Crippen LogP contribution in [0.25, 0.3) is 0 Å². The van der Waals surface area contributed by atoms with Gasteiger partial charge >= 0.3 is 0 Å². The molecule has 0 bridgehead atoms. The van der Waals surface area contributed by atoms with E-state index in [1.54, 1.807) is 18.5 Å². The molecule has 0 radical (unpaired) electrons. The minimum Gasteiger partial charge on any atom is -0.321 e. The second kappa shape index (κ2) is 2.97. The molecule has 1 aromatic heterocycles. The Morgan fingerprint density at radius 1 is 1.43 bits per heavy atom. The SMILES string of the molecule is NC1(c2ccncc2Br)CC(F)(F)C1. The predicted octanol–water partition coefficient (Wildman–Crippen LogP) is 2.43. The van der Waals surface area contributed by atoms with E-state index >= 15 is 0 Å². The molecule has 0 saturated heterocycles. The van der Waals surface area contributed by atoms with E-state index in [9.17, 15) is 8.78 Å². The van der Waals surface area contributed by atoms with Crippen LogP contribution in [-0.4, -0.2) is 10.9 Å². The van der Waals surface area contributed by atoms with Gasteiger partial charge < -0.3 is 5.73 Å². The normalized spacial score (nSPS) is 22.9. The monoisotopic (exact) mass is 262 g/mol. The highest BCUT2D eigenvalue weighted by molar-refractivity contribution is 9.10. The third-order valence-electron chi connectivity index (χ3n) is 2.46. The molecule has 1 aromatic rings. The zero-order valence-corrected chi connectivity index (χ0v) is 8.89. The lowest BCUT2D eigenvalue weighted by atomic mass is 9.70. The average Bonchev–Trinajstić information content (AvgIpc) is 2.00. The first kappa shape index (κ1) is 9.98. The molecule has 1 aliphatic carbocycles. The molecule has 0 atom stereocenters. The molecule has 2 rings (SSSR count). The van der Waals surface area contributed by atoms with Crippen LogP contribution in [0.2, 0.25) is 0 Å². The van der Waals surface area contributed by atoms with E-state index in [0.29, 0.717) is 10.0 Å². The number of rotatable bonds is 1. The first-order valence-corrected chi connectivity index (χ1v) is 4.99. The number of hydrogen-bond acceptors (Lipinski definition) is 2. The van der Waals surface area contributed by atoms with Crippen LogP contribution in [0.4, 0.5) is 8.78 Å². The number of alkyl halides is 2. The maximum atomic E-state index is 12.7. The molecule has 1 saturated carbocycles. The molecule has 0 amide bonds. The van der Waals surface area contributed by atoms with Crippen molar-refractivity contribution in [3.63, 3.8) is 0 Å². The van der Waals surface area contributed by atoms with Crippen LogP contribution >= 0.6 is 15.9 Å². The molecule has 76 valence electrons. The summed E-state index contributed by atoms with van der Waals surface area (Å²) in [4.78, 5) is 3.86. The summed E-state index contributed by atoms with van der Waals surface area (Å²) in [6, 6.07) is 1.68. The summed E-state index contributed by atoms with van der Waals surface area (Å²) >= 11 is 3.26. The molecule has 1 heterocycles. The second-order valence-corrected chi connectivity index (χ2v) is 4.58. The molecule has 0 aromatic carbocycles. The van der Waals surface area contributed by atoms with Gasteiger partial charge in [-0.15, -0.1) is 0 Å². The van der Waals surface area contributed by atoms with Crippen molar-refractivity contribution in [1.82, 2.24) is 4.98 Å². The number of hydrogen-bond donors (Lipinski definition) is 1. The van der Waals surface area contributed by atoms with E-state index in [4.69, 9.17) is 5.73 Å². The molecule has 1 fully saturated rings. The fourth-order valence-electron chi connectivity index (χ4n) is 1.84. The van der Waals surface area contributed by atoms with Crippen molar-refractivity contribution in [3.05, 3.63) is 28.5 Å². The van der Waals surface area contributed by atoms with Gasteiger partial charge in [0, 0.05) is 29.7 Å². The van der Waals surface area contributed by atoms with E-state index < -0.39 is 11.5 Å². The summed E-state index contributed by atoms with van der Waals surface area (Å²) in [6.45, 7) is 0. The highest BCUT2D eigenvalue weighted by Gasteiger charge is 2.55. The summed E-state index contributed by atoms with van der Waals surface area (Å²) in [5.74, 6) is -2.61. The van der Waals surface area contributed by atoms with Crippen LogP contribution in [0, 0.1) is 0 Å². The summed E-state index contributed by atoms with van der Waals surface area (Å²) in [7, 11) is 0. The molecular weight excluding hydrogens is 254 g/mol. The van der Waals surface area contributed by atoms with E-state index in [1.165, 1.54) is 0 Å². The van der Waals surface area contributed by atoms with Gasteiger partial charge in [0.25, 0.3) is 5.92 Å². The maximum absolute atomic E-state index is 12.7. The summed E-state index contributed by atoms with van der Waals surface area (Å²) in [5.41, 5.74) is 5.67. The van der Waals surface area contributed by atoms with E-state index in [1.807, 2.05) is 0 Å².